The first kappa shape index (κ1) is 7.90. The van der Waals surface area contributed by atoms with Gasteiger partial charge in [-0.15, -0.1) is 0 Å². The van der Waals surface area contributed by atoms with Crippen molar-refractivity contribution in [1.29, 1.82) is 0 Å². The summed E-state index contributed by atoms with van der Waals surface area (Å²) in [5.74, 6) is 0. The molecule has 1 fully saturated rings. The molecule has 54 valence electrons. The Morgan fingerprint density at radius 2 is 1.56 bits per heavy atom. The van der Waals surface area contributed by atoms with Crippen LogP contribution in [0.1, 0.15) is 32.1 Å². The van der Waals surface area contributed by atoms with Crippen LogP contribution in [0.15, 0.2) is 0 Å². The Labute approximate surface area is 65.8 Å². The number of hydrogen-bond acceptors (Lipinski definition) is 0. The zero-order chi connectivity index (χ0) is 6.69. The Morgan fingerprint density at radius 1 is 1.00 bits per heavy atom. The SMILES string of the molecule is [CH3][SnH]([CH3])[CH]1CCCCC1. The fraction of sp³-hybridized carbons (Fsp3) is 1.00. The van der Waals surface area contributed by atoms with Crippen LogP contribution in [0.4, 0.5) is 0 Å². The standard InChI is InChI=1S/C6H11.2CH3.Sn.H/c1-2-4-6-5-3-1;;;;/h1H,2-6H2;2*1H3;;. The third-order valence-electron chi connectivity index (χ3n) is 2.59. The van der Waals surface area contributed by atoms with Gasteiger partial charge in [-0.05, 0) is 0 Å². The van der Waals surface area contributed by atoms with Crippen LogP contribution < -0.4 is 0 Å². The summed E-state index contributed by atoms with van der Waals surface area (Å²) in [6.45, 7) is 0. The third-order valence-corrected chi connectivity index (χ3v) is 9.88. The monoisotopic (exact) mass is 234 g/mol. The molecule has 1 aliphatic carbocycles. The maximum atomic E-state index is 2.57. The Kier molecular flexibility index (Phi) is 3.37. The van der Waals surface area contributed by atoms with Crippen LogP contribution in [-0.4, -0.2) is 19.8 Å². The Bertz CT molecular complexity index is 72.6. The first-order chi connectivity index (χ1) is 4.30. The fourth-order valence-corrected chi connectivity index (χ4v) is 6.95. The molecule has 0 bridgehead atoms. The molecular weight excluding hydrogens is 215 g/mol. The first-order valence-corrected chi connectivity index (χ1v) is 12.8. The van der Waals surface area contributed by atoms with E-state index in [-0.39, 0.29) is 0 Å². The number of rotatable bonds is 1. The van der Waals surface area contributed by atoms with E-state index in [2.05, 4.69) is 9.88 Å². The molecule has 0 amide bonds. The maximum absolute atomic E-state index is 2.57. The van der Waals surface area contributed by atoms with Crippen molar-refractivity contribution in [2.75, 3.05) is 0 Å². The van der Waals surface area contributed by atoms with E-state index in [9.17, 15) is 0 Å². The Hall–Kier alpha value is 0.799. The van der Waals surface area contributed by atoms with Crippen LogP contribution >= 0.6 is 0 Å². The van der Waals surface area contributed by atoms with Gasteiger partial charge in [-0.25, -0.2) is 0 Å². The van der Waals surface area contributed by atoms with E-state index >= 15 is 0 Å². The van der Waals surface area contributed by atoms with E-state index in [0.717, 1.165) is 0 Å². The van der Waals surface area contributed by atoms with Crippen LogP contribution in [-0.2, 0) is 0 Å². The molecule has 0 unspecified atom stereocenters. The predicted molar refractivity (Wildman–Crippen MR) is 45.7 cm³/mol. The summed E-state index contributed by atoms with van der Waals surface area (Å²) in [4.78, 5) is 5.13. The second-order valence-electron chi connectivity index (χ2n) is 3.64. The Morgan fingerprint density at radius 3 is 1.89 bits per heavy atom. The van der Waals surface area contributed by atoms with E-state index in [1.54, 1.807) is 25.7 Å². The van der Waals surface area contributed by atoms with Crippen molar-refractivity contribution in [1.82, 2.24) is 0 Å². The average molecular weight is 233 g/mol. The van der Waals surface area contributed by atoms with Gasteiger partial charge in [0.25, 0.3) is 0 Å². The zero-order valence-corrected chi connectivity index (χ0v) is 9.99. The van der Waals surface area contributed by atoms with Crippen LogP contribution in [0.5, 0.6) is 0 Å². The van der Waals surface area contributed by atoms with Crippen LogP contribution in [0.25, 0.3) is 0 Å². The van der Waals surface area contributed by atoms with Gasteiger partial charge in [0.2, 0.25) is 0 Å². The van der Waals surface area contributed by atoms with Gasteiger partial charge in [-0.1, -0.05) is 0 Å². The molecule has 0 aromatic carbocycles. The quantitative estimate of drug-likeness (QED) is 0.611. The van der Waals surface area contributed by atoms with E-state index < -0.39 is 19.8 Å². The minimum atomic E-state index is -0.860. The van der Waals surface area contributed by atoms with Gasteiger partial charge in [0, 0.05) is 0 Å². The van der Waals surface area contributed by atoms with Gasteiger partial charge < -0.3 is 0 Å². The van der Waals surface area contributed by atoms with Crippen LogP contribution in [0.3, 0.4) is 0 Å². The average Bonchev–Trinajstić information content (AvgIpc) is 1.90. The summed E-state index contributed by atoms with van der Waals surface area (Å²) in [6, 6.07) is 0. The molecule has 0 N–H and O–H groups in total. The molecule has 1 aliphatic rings. The first-order valence-electron chi connectivity index (χ1n) is 4.30. The van der Waals surface area contributed by atoms with Crippen LogP contribution in [0, 0.1) is 0 Å². The fourth-order valence-electron chi connectivity index (χ4n) is 1.80. The van der Waals surface area contributed by atoms with Crippen molar-refractivity contribution in [3.05, 3.63) is 0 Å². The van der Waals surface area contributed by atoms with Gasteiger partial charge in [0.05, 0.1) is 0 Å². The van der Waals surface area contributed by atoms with Gasteiger partial charge in [-0.2, -0.15) is 0 Å². The summed E-state index contributed by atoms with van der Waals surface area (Å²) in [6.07, 6.45) is 7.79. The third kappa shape index (κ3) is 2.48. The Balaban J connectivity index is 2.23. The van der Waals surface area contributed by atoms with Gasteiger partial charge in [-0.3, -0.25) is 0 Å². The van der Waals surface area contributed by atoms with Crippen LogP contribution in [0.2, 0.25) is 13.8 Å². The van der Waals surface area contributed by atoms with E-state index in [0.29, 0.717) is 0 Å². The summed E-state index contributed by atoms with van der Waals surface area (Å²) in [5, 5.41) is 0. The molecule has 1 rings (SSSR count). The molecule has 0 aliphatic heterocycles. The van der Waals surface area contributed by atoms with Crippen molar-refractivity contribution in [3.8, 4) is 0 Å². The number of hydrogen-bond donors (Lipinski definition) is 0. The summed E-state index contributed by atoms with van der Waals surface area (Å²) < 4.78 is 1.26. The van der Waals surface area contributed by atoms with Gasteiger partial charge >= 0.3 is 65.7 Å². The molecule has 0 heterocycles. The molecule has 9 heavy (non-hydrogen) atoms. The molecule has 0 spiro atoms. The van der Waals surface area contributed by atoms with Gasteiger partial charge in [0.1, 0.15) is 0 Å². The molecule has 0 nitrogen and oxygen atoms in total. The molecular formula is C8H18Sn. The second-order valence-corrected chi connectivity index (χ2v) is 13.4. The molecule has 0 atom stereocenters. The normalized spacial score (nSPS) is 23.0. The summed E-state index contributed by atoms with van der Waals surface area (Å²) in [7, 11) is 0. The van der Waals surface area contributed by atoms with Crippen molar-refractivity contribution >= 4 is 19.8 Å². The molecule has 1 heteroatoms. The minimum absolute atomic E-state index is 0.860. The van der Waals surface area contributed by atoms with E-state index in [1.165, 1.54) is 10.4 Å². The summed E-state index contributed by atoms with van der Waals surface area (Å²) >= 11 is -0.860. The molecule has 0 saturated heterocycles. The van der Waals surface area contributed by atoms with E-state index in [1.807, 2.05) is 0 Å². The molecule has 0 aromatic heterocycles. The van der Waals surface area contributed by atoms with Crippen molar-refractivity contribution in [3.63, 3.8) is 0 Å². The second kappa shape index (κ2) is 3.84. The van der Waals surface area contributed by atoms with E-state index in [4.69, 9.17) is 0 Å². The molecule has 0 radical (unpaired) electrons. The van der Waals surface area contributed by atoms with Crippen molar-refractivity contribution < 1.29 is 0 Å². The molecule has 1 saturated carbocycles. The van der Waals surface area contributed by atoms with Crippen molar-refractivity contribution in [2.45, 2.75) is 45.9 Å². The molecule has 0 aromatic rings. The zero-order valence-electron chi connectivity index (χ0n) is 6.69. The van der Waals surface area contributed by atoms with Gasteiger partial charge in [0.15, 0.2) is 0 Å². The predicted octanol–water partition coefficient (Wildman–Crippen LogP) is 2.81. The van der Waals surface area contributed by atoms with Crippen molar-refractivity contribution in [2.24, 2.45) is 0 Å². The topological polar surface area (TPSA) is 0 Å². The summed E-state index contributed by atoms with van der Waals surface area (Å²) in [5.41, 5.74) is 0.